The summed E-state index contributed by atoms with van der Waals surface area (Å²) in [5, 5.41) is 0. The Kier molecular flexibility index (Phi) is 7.13. The van der Waals surface area contributed by atoms with Crippen LogP contribution in [-0.4, -0.2) is 37.5 Å². The van der Waals surface area contributed by atoms with Crippen molar-refractivity contribution in [3.8, 4) is 0 Å². The largest absolute Gasteiger partial charge is 0.314 e. The second-order valence-corrected chi connectivity index (χ2v) is 8.61. The molecule has 2 aromatic rings. The number of rotatable bonds is 10. The summed E-state index contributed by atoms with van der Waals surface area (Å²) >= 11 is 0. The second kappa shape index (κ2) is 9.58. The van der Waals surface area contributed by atoms with Crippen molar-refractivity contribution in [3.05, 3.63) is 65.2 Å². The van der Waals surface area contributed by atoms with Gasteiger partial charge in [-0.1, -0.05) is 74.7 Å². The van der Waals surface area contributed by atoms with Gasteiger partial charge in [0.1, 0.15) is 0 Å². The third kappa shape index (κ3) is 4.56. The molecule has 0 bridgehead atoms. The van der Waals surface area contributed by atoms with Crippen LogP contribution in [0.2, 0.25) is 0 Å². The number of benzene rings is 2. The summed E-state index contributed by atoms with van der Waals surface area (Å²) in [4.78, 5) is 18.2. The number of anilines is 1. The first kappa shape index (κ1) is 21.6. The molecular formula is C26H36N2O. The molecule has 1 heterocycles. The standard InChI is InChI=1S/C26H36N2O/c1-5-7-16-28(17-8-6-2)20-26(19-22-13-11-12-21(3)18-22)23-14-9-10-15-24(23)27(4)25(26)29/h9-15,18H,5-8,16-17,19-20H2,1-4H3. The Hall–Kier alpha value is -2.13. The summed E-state index contributed by atoms with van der Waals surface area (Å²) in [7, 11) is 1.93. The number of aryl methyl sites for hydroxylation is 1. The van der Waals surface area contributed by atoms with E-state index in [0.717, 1.165) is 31.7 Å². The van der Waals surface area contributed by atoms with E-state index in [0.29, 0.717) is 0 Å². The summed E-state index contributed by atoms with van der Waals surface area (Å²) in [6, 6.07) is 17.0. The van der Waals surface area contributed by atoms with Crippen LogP contribution in [-0.2, 0) is 16.6 Å². The van der Waals surface area contributed by atoms with E-state index in [1.807, 2.05) is 18.0 Å². The zero-order valence-corrected chi connectivity index (χ0v) is 18.6. The van der Waals surface area contributed by atoms with Gasteiger partial charge in [0, 0.05) is 19.3 Å². The van der Waals surface area contributed by atoms with Gasteiger partial charge in [0.2, 0.25) is 5.91 Å². The highest BCUT2D eigenvalue weighted by molar-refractivity contribution is 6.08. The molecule has 0 saturated carbocycles. The lowest BCUT2D eigenvalue weighted by Crippen LogP contribution is -2.49. The minimum Gasteiger partial charge on any atom is -0.314 e. The van der Waals surface area contributed by atoms with Gasteiger partial charge in [-0.2, -0.15) is 0 Å². The molecule has 1 aliphatic heterocycles. The van der Waals surface area contributed by atoms with E-state index in [4.69, 9.17) is 0 Å². The lowest BCUT2D eigenvalue weighted by atomic mass is 9.75. The van der Waals surface area contributed by atoms with Gasteiger partial charge in [-0.15, -0.1) is 0 Å². The van der Waals surface area contributed by atoms with Gasteiger partial charge in [0.25, 0.3) is 0 Å². The lowest BCUT2D eigenvalue weighted by Gasteiger charge is -2.35. The number of para-hydroxylation sites is 1. The second-order valence-electron chi connectivity index (χ2n) is 8.61. The lowest BCUT2D eigenvalue weighted by molar-refractivity contribution is -0.123. The molecule has 0 aromatic heterocycles. The normalized spacial score (nSPS) is 18.5. The molecule has 1 atom stereocenters. The Morgan fingerprint density at radius 1 is 0.966 bits per heavy atom. The predicted molar refractivity (Wildman–Crippen MR) is 123 cm³/mol. The first-order valence-electron chi connectivity index (χ1n) is 11.2. The van der Waals surface area contributed by atoms with Crippen molar-refractivity contribution in [1.29, 1.82) is 0 Å². The number of likely N-dealkylation sites (N-methyl/N-ethyl adjacent to an activating group) is 1. The SMILES string of the molecule is CCCCN(CCCC)CC1(Cc2cccc(C)c2)C(=O)N(C)c2ccccc21. The fraction of sp³-hybridized carbons (Fsp3) is 0.500. The molecule has 0 N–H and O–H groups in total. The van der Waals surface area contributed by atoms with Crippen molar-refractivity contribution in [2.24, 2.45) is 0 Å². The molecule has 2 aromatic carbocycles. The smallest absolute Gasteiger partial charge is 0.239 e. The Balaban J connectivity index is 2.03. The quantitative estimate of drug-likeness (QED) is 0.544. The van der Waals surface area contributed by atoms with Crippen LogP contribution >= 0.6 is 0 Å². The highest BCUT2D eigenvalue weighted by Gasteiger charge is 2.50. The van der Waals surface area contributed by atoms with E-state index < -0.39 is 5.41 Å². The topological polar surface area (TPSA) is 23.6 Å². The Morgan fingerprint density at radius 3 is 2.31 bits per heavy atom. The molecule has 1 amide bonds. The molecule has 3 heteroatoms. The number of fused-ring (bicyclic) bond motifs is 1. The third-order valence-electron chi connectivity index (χ3n) is 6.23. The van der Waals surface area contributed by atoms with Crippen molar-refractivity contribution >= 4 is 11.6 Å². The van der Waals surface area contributed by atoms with Crippen LogP contribution in [0.25, 0.3) is 0 Å². The molecule has 3 nitrogen and oxygen atoms in total. The van der Waals surface area contributed by atoms with E-state index in [9.17, 15) is 4.79 Å². The van der Waals surface area contributed by atoms with Gasteiger partial charge in [-0.25, -0.2) is 0 Å². The van der Waals surface area contributed by atoms with Crippen LogP contribution in [0.1, 0.15) is 56.2 Å². The van der Waals surface area contributed by atoms with Gasteiger partial charge in [-0.05, 0) is 56.5 Å². The molecule has 0 radical (unpaired) electrons. The minimum atomic E-state index is -0.513. The molecule has 0 fully saturated rings. The van der Waals surface area contributed by atoms with E-state index in [1.165, 1.54) is 42.4 Å². The van der Waals surface area contributed by atoms with Gasteiger partial charge in [0.05, 0.1) is 5.41 Å². The summed E-state index contributed by atoms with van der Waals surface area (Å²) in [5.41, 5.74) is 4.23. The minimum absolute atomic E-state index is 0.234. The molecule has 3 rings (SSSR count). The Bertz CT molecular complexity index is 823. The summed E-state index contributed by atoms with van der Waals surface area (Å²) in [6.45, 7) is 9.52. The number of hydrogen-bond acceptors (Lipinski definition) is 2. The van der Waals surface area contributed by atoms with Crippen LogP contribution in [0.4, 0.5) is 5.69 Å². The van der Waals surface area contributed by atoms with Crippen molar-refractivity contribution < 1.29 is 4.79 Å². The highest BCUT2D eigenvalue weighted by atomic mass is 16.2. The molecule has 156 valence electrons. The average Bonchev–Trinajstić information content (AvgIpc) is 2.92. The number of nitrogens with zero attached hydrogens (tertiary/aromatic N) is 2. The number of hydrogen-bond donors (Lipinski definition) is 0. The van der Waals surface area contributed by atoms with E-state index in [2.05, 4.69) is 68.1 Å². The highest BCUT2D eigenvalue weighted by Crippen LogP contribution is 2.44. The van der Waals surface area contributed by atoms with Gasteiger partial charge in [-0.3, -0.25) is 4.79 Å². The van der Waals surface area contributed by atoms with Crippen molar-refractivity contribution in [1.82, 2.24) is 4.90 Å². The zero-order chi connectivity index (χ0) is 20.9. The fourth-order valence-electron chi connectivity index (χ4n) is 4.68. The number of unbranched alkanes of at least 4 members (excludes halogenated alkanes) is 2. The predicted octanol–water partition coefficient (Wildman–Crippen LogP) is 5.35. The summed E-state index contributed by atoms with van der Waals surface area (Å²) in [5.74, 6) is 0.234. The van der Waals surface area contributed by atoms with E-state index in [-0.39, 0.29) is 5.91 Å². The number of amides is 1. The Morgan fingerprint density at radius 2 is 1.66 bits per heavy atom. The summed E-state index contributed by atoms with van der Waals surface area (Å²) in [6.07, 6.45) is 5.46. The van der Waals surface area contributed by atoms with Crippen molar-refractivity contribution in [2.45, 2.75) is 58.3 Å². The molecule has 0 aliphatic carbocycles. The molecular weight excluding hydrogens is 356 g/mol. The molecule has 1 aliphatic rings. The first-order valence-corrected chi connectivity index (χ1v) is 11.2. The maximum absolute atomic E-state index is 13.8. The number of carbonyl (C=O) groups excluding carboxylic acids is 1. The molecule has 29 heavy (non-hydrogen) atoms. The maximum Gasteiger partial charge on any atom is 0.239 e. The Labute approximate surface area is 176 Å². The van der Waals surface area contributed by atoms with Crippen LogP contribution in [0, 0.1) is 6.92 Å². The summed E-state index contributed by atoms with van der Waals surface area (Å²) < 4.78 is 0. The van der Waals surface area contributed by atoms with E-state index in [1.54, 1.807) is 0 Å². The van der Waals surface area contributed by atoms with Crippen LogP contribution in [0.3, 0.4) is 0 Å². The third-order valence-corrected chi connectivity index (χ3v) is 6.23. The van der Waals surface area contributed by atoms with Crippen LogP contribution in [0.5, 0.6) is 0 Å². The van der Waals surface area contributed by atoms with Crippen LogP contribution in [0.15, 0.2) is 48.5 Å². The maximum atomic E-state index is 13.8. The molecule has 0 saturated heterocycles. The number of carbonyl (C=O) groups is 1. The van der Waals surface area contributed by atoms with Crippen molar-refractivity contribution in [3.63, 3.8) is 0 Å². The van der Waals surface area contributed by atoms with Gasteiger partial charge >= 0.3 is 0 Å². The average molecular weight is 393 g/mol. The zero-order valence-electron chi connectivity index (χ0n) is 18.6. The van der Waals surface area contributed by atoms with Crippen molar-refractivity contribution in [2.75, 3.05) is 31.6 Å². The molecule has 1 unspecified atom stereocenters. The first-order chi connectivity index (χ1) is 14.0. The monoisotopic (exact) mass is 392 g/mol. The van der Waals surface area contributed by atoms with Gasteiger partial charge < -0.3 is 9.80 Å². The van der Waals surface area contributed by atoms with Crippen LogP contribution < -0.4 is 4.90 Å². The van der Waals surface area contributed by atoms with E-state index >= 15 is 0 Å². The molecule has 0 spiro atoms. The fourth-order valence-corrected chi connectivity index (χ4v) is 4.68. The van der Waals surface area contributed by atoms with Gasteiger partial charge in [0.15, 0.2) is 0 Å².